The second kappa shape index (κ2) is 4.32. The first-order chi connectivity index (χ1) is 6.09. The van der Waals surface area contributed by atoms with Gasteiger partial charge in [0.05, 0.1) is 13.2 Å². The van der Waals surface area contributed by atoms with Crippen molar-refractivity contribution in [2.75, 3.05) is 0 Å². The first kappa shape index (κ1) is 10.1. The highest BCUT2D eigenvalue weighted by Crippen LogP contribution is 2.07. The van der Waals surface area contributed by atoms with Crippen molar-refractivity contribution in [3.05, 3.63) is 5.82 Å². The lowest BCUT2D eigenvalue weighted by molar-refractivity contribution is 0.116. The summed E-state index contributed by atoms with van der Waals surface area (Å²) in [5.74, 6) is 0.985. The third-order valence-corrected chi connectivity index (χ3v) is 1.98. The Hall–Kier alpha value is -0.970. The van der Waals surface area contributed by atoms with E-state index >= 15 is 0 Å². The maximum Gasteiger partial charge on any atom is 0.174 e. The molecule has 1 aromatic rings. The fourth-order valence-corrected chi connectivity index (χ4v) is 1.03. The van der Waals surface area contributed by atoms with Crippen molar-refractivity contribution >= 4 is 0 Å². The Bertz CT molecular complexity index is 258. The predicted octanol–water partition coefficient (Wildman–Crippen LogP) is 0.160. The zero-order valence-electron chi connectivity index (χ0n) is 8.30. The predicted molar refractivity (Wildman–Crippen MR) is 48.0 cm³/mol. The molecule has 0 aromatic carbocycles. The molecule has 0 fully saturated rings. The van der Waals surface area contributed by atoms with Gasteiger partial charge in [-0.25, -0.2) is 0 Å². The molecule has 1 unspecified atom stereocenters. The van der Waals surface area contributed by atoms with Gasteiger partial charge in [0, 0.05) is 6.42 Å². The summed E-state index contributed by atoms with van der Waals surface area (Å²) in [5.41, 5.74) is 0. The molecule has 5 heteroatoms. The zero-order chi connectivity index (χ0) is 9.84. The molecular weight excluding hydrogens is 168 g/mol. The Morgan fingerprint density at radius 3 is 2.62 bits per heavy atom. The minimum atomic E-state index is -0.274. The zero-order valence-corrected chi connectivity index (χ0v) is 8.30. The number of rotatable bonds is 4. The van der Waals surface area contributed by atoms with E-state index in [4.69, 9.17) is 0 Å². The van der Waals surface area contributed by atoms with Gasteiger partial charge in [-0.05, 0) is 17.6 Å². The van der Waals surface area contributed by atoms with E-state index in [1.165, 1.54) is 4.80 Å². The van der Waals surface area contributed by atoms with Gasteiger partial charge in [-0.2, -0.15) is 4.80 Å². The van der Waals surface area contributed by atoms with E-state index in [0.29, 0.717) is 18.7 Å². The smallest absolute Gasteiger partial charge is 0.174 e. The number of hydrogen-bond donors (Lipinski definition) is 1. The van der Waals surface area contributed by atoms with Crippen molar-refractivity contribution in [3.8, 4) is 0 Å². The van der Waals surface area contributed by atoms with Gasteiger partial charge >= 0.3 is 0 Å². The first-order valence-electron chi connectivity index (χ1n) is 4.50. The summed E-state index contributed by atoms with van der Waals surface area (Å²) in [7, 11) is 1.73. The van der Waals surface area contributed by atoms with Crippen LogP contribution in [0.3, 0.4) is 0 Å². The molecule has 1 heterocycles. The normalized spacial score (nSPS) is 13.6. The van der Waals surface area contributed by atoms with E-state index in [1.807, 2.05) is 13.8 Å². The van der Waals surface area contributed by atoms with Crippen LogP contribution in [-0.4, -0.2) is 31.4 Å². The van der Waals surface area contributed by atoms with E-state index in [-0.39, 0.29) is 12.0 Å². The molecule has 0 aliphatic carbocycles. The second-order valence-electron chi connectivity index (χ2n) is 3.55. The van der Waals surface area contributed by atoms with Gasteiger partial charge in [-0.15, -0.1) is 10.2 Å². The number of aryl methyl sites for hydroxylation is 2. The fourth-order valence-electron chi connectivity index (χ4n) is 1.03. The average molecular weight is 184 g/mol. The molecule has 0 saturated carbocycles. The number of aliphatic hydroxyl groups excluding tert-OH is 1. The first-order valence-corrected chi connectivity index (χ1v) is 4.50. The third-order valence-electron chi connectivity index (χ3n) is 1.98. The minimum absolute atomic E-state index is 0.274. The molecule has 0 radical (unpaired) electrons. The van der Waals surface area contributed by atoms with E-state index in [9.17, 15) is 5.11 Å². The second-order valence-corrected chi connectivity index (χ2v) is 3.55. The van der Waals surface area contributed by atoms with Crippen LogP contribution in [0.25, 0.3) is 0 Å². The number of aromatic nitrogens is 4. The van der Waals surface area contributed by atoms with Crippen molar-refractivity contribution < 1.29 is 5.11 Å². The molecule has 1 atom stereocenters. The van der Waals surface area contributed by atoms with Gasteiger partial charge in [0.25, 0.3) is 0 Å². The molecular formula is C8H16N4O. The lowest BCUT2D eigenvalue weighted by Gasteiger charge is -2.12. The molecule has 0 aliphatic rings. The van der Waals surface area contributed by atoms with Crippen molar-refractivity contribution in [1.29, 1.82) is 0 Å². The molecule has 5 nitrogen and oxygen atoms in total. The topological polar surface area (TPSA) is 63.8 Å². The van der Waals surface area contributed by atoms with Crippen LogP contribution in [0.2, 0.25) is 0 Å². The van der Waals surface area contributed by atoms with Gasteiger partial charge < -0.3 is 5.11 Å². The summed E-state index contributed by atoms with van der Waals surface area (Å²) >= 11 is 0. The van der Waals surface area contributed by atoms with Crippen molar-refractivity contribution in [3.63, 3.8) is 0 Å². The maximum atomic E-state index is 9.51. The van der Waals surface area contributed by atoms with Crippen LogP contribution >= 0.6 is 0 Å². The van der Waals surface area contributed by atoms with Crippen LogP contribution < -0.4 is 0 Å². The largest absolute Gasteiger partial charge is 0.393 e. The summed E-state index contributed by atoms with van der Waals surface area (Å²) < 4.78 is 0. The van der Waals surface area contributed by atoms with Crippen LogP contribution in [0.5, 0.6) is 0 Å². The molecule has 1 aromatic heterocycles. The Morgan fingerprint density at radius 1 is 1.46 bits per heavy atom. The third kappa shape index (κ3) is 3.10. The summed E-state index contributed by atoms with van der Waals surface area (Å²) in [5, 5.41) is 21.1. The van der Waals surface area contributed by atoms with Crippen molar-refractivity contribution in [1.82, 2.24) is 20.2 Å². The van der Waals surface area contributed by atoms with E-state index in [0.717, 1.165) is 0 Å². The van der Waals surface area contributed by atoms with Crippen LogP contribution in [-0.2, 0) is 13.5 Å². The summed E-state index contributed by atoms with van der Waals surface area (Å²) in [6, 6.07) is 0. The van der Waals surface area contributed by atoms with Crippen molar-refractivity contribution in [2.24, 2.45) is 13.0 Å². The highest BCUT2D eigenvalue weighted by Gasteiger charge is 2.10. The monoisotopic (exact) mass is 184 g/mol. The number of aliphatic hydroxyl groups is 1. The molecule has 13 heavy (non-hydrogen) atoms. The molecule has 1 N–H and O–H groups in total. The van der Waals surface area contributed by atoms with E-state index in [2.05, 4.69) is 15.4 Å². The van der Waals surface area contributed by atoms with Gasteiger partial charge in [0.15, 0.2) is 5.82 Å². The number of tetrazole rings is 1. The summed E-state index contributed by atoms with van der Waals surface area (Å²) in [6.07, 6.45) is 1.11. The SMILES string of the molecule is CC(C)C(O)CCc1nnn(C)n1. The number of nitrogens with zero attached hydrogens (tertiary/aromatic N) is 4. The fraction of sp³-hybridized carbons (Fsp3) is 0.875. The van der Waals surface area contributed by atoms with Crippen LogP contribution in [0.15, 0.2) is 0 Å². The Morgan fingerprint density at radius 2 is 2.15 bits per heavy atom. The lowest BCUT2D eigenvalue weighted by Crippen LogP contribution is -2.15. The van der Waals surface area contributed by atoms with Gasteiger partial charge in [-0.3, -0.25) is 0 Å². The number of hydrogen-bond acceptors (Lipinski definition) is 4. The molecule has 0 spiro atoms. The molecule has 0 saturated heterocycles. The lowest BCUT2D eigenvalue weighted by atomic mass is 10.0. The van der Waals surface area contributed by atoms with Gasteiger partial charge in [0.2, 0.25) is 0 Å². The van der Waals surface area contributed by atoms with Crippen LogP contribution in [0, 0.1) is 5.92 Å². The molecule has 0 amide bonds. The minimum Gasteiger partial charge on any atom is -0.393 e. The quantitative estimate of drug-likeness (QED) is 0.724. The highest BCUT2D eigenvalue weighted by atomic mass is 16.3. The Kier molecular flexibility index (Phi) is 3.36. The molecule has 0 aliphatic heterocycles. The standard InChI is InChI=1S/C8H16N4O/c1-6(2)7(13)4-5-8-9-11-12(3)10-8/h6-7,13H,4-5H2,1-3H3. The van der Waals surface area contributed by atoms with Crippen LogP contribution in [0.1, 0.15) is 26.1 Å². The van der Waals surface area contributed by atoms with Crippen molar-refractivity contribution in [2.45, 2.75) is 32.8 Å². The van der Waals surface area contributed by atoms with E-state index in [1.54, 1.807) is 7.05 Å². The Labute approximate surface area is 77.8 Å². The maximum absolute atomic E-state index is 9.51. The van der Waals surface area contributed by atoms with Gasteiger partial charge in [-0.1, -0.05) is 13.8 Å². The highest BCUT2D eigenvalue weighted by molar-refractivity contribution is 4.78. The summed E-state index contributed by atoms with van der Waals surface area (Å²) in [4.78, 5) is 1.43. The van der Waals surface area contributed by atoms with Crippen LogP contribution in [0.4, 0.5) is 0 Å². The molecule has 74 valence electrons. The summed E-state index contributed by atoms with van der Waals surface area (Å²) in [6.45, 7) is 3.99. The average Bonchev–Trinajstić information content (AvgIpc) is 2.47. The Balaban J connectivity index is 2.35. The van der Waals surface area contributed by atoms with Gasteiger partial charge in [0.1, 0.15) is 0 Å². The van der Waals surface area contributed by atoms with E-state index < -0.39 is 0 Å². The molecule has 1 rings (SSSR count). The molecule has 0 bridgehead atoms.